The van der Waals surface area contributed by atoms with Crippen molar-refractivity contribution in [2.45, 2.75) is 51.4 Å². The van der Waals surface area contributed by atoms with Crippen LogP contribution in [0.15, 0.2) is 46.8 Å². The Morgan fingerprint density at radius 3 is 2.67 bits per heavy atom. The quantitative estimate of drug-likeness (QED) is 0.688. The van der Waals surface area contributed by atoms with Crippen LogP contribution in [0, 0.1) is 0 Å². The molecule has 1 N–H and O–H groups in total. The minimum Gasteiger partial charge on any atom is -0.486 e. The van der Waals surface area contributed by atoms with Gasteiger partial charge in [-0.25, -0.2) is 0 Å². The van der Waals surface area contributed by atoms with Crippen molar-refractivity contribution < 1.29 is 9.47 Å². The van der Waals surface area contributed by atoms with Crippen LogP contribution in [-0.2, 0) is 12.8 Å². The van der Waals surface area contributed by atoms with E-state index < -0.39 is 0 Å². The topological polar surface area (TPSA) is 54.6 Å². The average Bonchev–Trinajstić information content (AvgIpc) is 3.06. The molecule has 174 valence electrons. The SMILES string of the molecule is CCc1cc2c([nH]c1=O)C=CC(C(CCN1CCCCC1)c1ccc3c(c1)OCCO3)=CC2. The maximum absolute atomic E-state index is 12.3. The fourth-order valence-electron chi connectivity index (χ4n) is 5.25. The summed E-state index contributed by atoms with van der Waals surface area (Å²) in [5.41, 5.74) is 5.57. The maximum atomic E-state index is 12.3. The first-order valence-corrected chi connectivity index (χ1v) is 12.5. The van der Waals surface area contributed by atoms with Gasteiger partial charge < -0.3 is 19.4 Å². The Hall–Kier alpha value is -2.79. The summed E-state index contributed by atoms with van der Waals surface area (Å²) in [5.74, 6) is 1.95. The lowest BCUT2D eigenvalue weighted by Crippen LogP contribution is -2.31. The number of aromatic nitrogens is 1. The summed E-state index contributed by atoms with van der Waals surface area (Å²) in [5, 5.41) is 0. The molecule has 33 heavy (non-hydrogen) atoms. The van der Waals surface area contributed by atoms with Gasteiger partial charge in [0.15, 0.2) is 11.5 Å². The van der Waals surface area contributed by atoms with Crippen LogP contribution in [0.1, 0.15) is 60.9 Å². The molecule has 0 saturated carbocycles. The summed E-state index contributed by atoms with van der Waals surface area (Å²) >= 11 is 0. The van der Waals surface area contributed by atoms with Crippen LogP contribution in [0.25, 0.3) is 6.08 Å². The second-order valence-corrected chi connectivity index (χ2v) is 9.30. The number of piperidine rings is 1. The number of H-pyrrole nitrogens is 1. The highest BCUT2D eigenvalue weighted by Gasteiger charge is 2.22. The van der Waals surface area contributed by atoms with Gasteiger partial charge in [0.1, 0.15) is 13.2 Å². The number of pyridine rings is 1. The van der Waals surface area contributed by atoms with Gasteiger partial charge >= 0.3 is 0 Å². The zero-order valence-corrected chi connectivity index (χ0v) is 19.6. The van der Waals surface area contributed by atoms with Gasteiger partial charge in [0.25, 0.3) is 5.56 Å². The molecule has 1 unspecified atom stereocenters. The fourth-order valence-corrected chi connectivity index (χ4v) is 5.25. The Kier molecular flexibility index (Phi) is 6.68. The van der Waals surface area contributed by atoms with E-state index in [1.54, 1.807) is 0 Å². The second-order valence-electron chi connectivity index (χ2n) is 9.30. The van der Waals surface area contributed by atoms with Crippen molar-refractivity contribution in [1.82, 2.24) is 9.88 Å². The maximum Gasteiger partial charge on any atom is 0.251 e. The smallest absolute Gasteiger partial charge is 0.251 e. The third-order valence-corrected chi connectivity index (χ3v) is 7.17. The number of nitrogens with zero attached hydrogens (tertiary/aromatic N) is 1. The van der Waals surface area contributed by atoms with Crippen molar-refractivity contribution in [3.05, 3.63) is 74.7 Å². The van der Waals surface area contributed by atoms with Gasteiger partial charge in [0.2, 0.25) is 0 Å². The Balaban J connectivity index is 1.45. The third-order valence-electron chi connectivity index (χ3n) is 7.17. The van der Waals surface area contributed by atoms with Crippen LogP contribution in [0.3, 0.4) is 0 Å². The predicted molar refractivity (Wildman–Crippen MR) is 132 cm³/mol. The molecule has 0 amide bonds. The Labute approximate surface area is 196 Å². The summed E-state index contributed by atoms with van der Waals surface area (Å²) in [6.07, 6.45) is 13.2. The highest BCUT2D eigenvalue weighted by Crippen LogP contribution is 2.38. The van der Waals surface area contributed by atoms with Crippen LogP contribution in [0.2, 0.25) is 0 Å². The van der Waals surface area contributed by atoms with Gasteiger partial charge in [-0.1, -0.05) is 31.6 Å². The van der Waals surface area contributed by atoms with Crippen LogP contribution in [0.4, 0.5) is 0 Å². The summed E-state index contributed by atoms with van der Waals surface area (Å²) in [6.45, 7) is 6.73. The molecule has 3 aliphatic rings. The molecule has 0 spiro atoms. The van der Waals surface area contributed by atoms with Crippen molar-refractivity contribution in [2.75, 3.05) is 32.8 Å². The summed E-state index contributed by atoms with van der Waals surface area (Å²) in [4.78, 5) is 18.0. The van der Waals surface area contributed by atoms with E-state index in [1.807, 2.05) is 6.92 Å². The standard InChI is InChI=1S/C28H34N2O3/c1-2-20-18-23-7-6-21(8-10-25(23)29-28(20)31)24(12-15-30-13-4-3-5-14-30)22-9-11-26-27(19-22)33-17-16-32-26/h6,8-11,18-19,24H,2-5,7,12-17H2,1H3,(H,29,31). The molecule has 1 aromatic heterocycles. The lowest BCUT2D eigenvalue weighted by atomic mass is 9.86. The molecule has 5 rings (SSSR count). The van der Waals surface area contributed by atoms with E-state index in [9.17, 15) is 4.79 Å². The van der Waals surface area contributed by atoms with Gasteiger partial charge in [-0.05, 0) is 92.7 Å². The van der Waals surface area contributed by atoms with Gasteiger partial charge in [-0.2, -0.15) is 0 Å². The molecular formula is C28H34N2O3. The first kappa shape index (κ1) is 22.0. The van der Waals surface area contributed by atoms with Crippen LogP contribution in [0.5, 0.6) is 11.5 Å². The molecule has 2 aliphatic heterocycles. The van der Waals surface area contributed by atoms with E-state index in [0.717, 1.165) is 48.6 Å². The number of aromatic amines is 1. The van der Waals surface area contributed by atoms with E-state index in [2.05, 4.69) is 52.4 Å². The molecule has 5 nitrogen and oxygen atoms in total. The predicted octanol–water partition coefficient (Wildman–Crippen LogP) is 4.86. The van der Waals surface area contributed by atoms with Gasteiger partial charge in [-0.15, -0.1) is 0 Å². The lowest BCUT2D eigenvalue weighted by Gasteiger charge is -2.29. The minimum absolute atomic E-state index is 0.0258. The van der Waals surface area contributed by atoms with Crippen molar-refractivity contribution in [2.24, 2.45) is 0 Å². The average molecular weight is 447 g/mol. The number of allylic oxidation sites excluding steroid dienone is 3. The molecular weight excluding hydrogens is 412 g/mol. The van der Waals surface area contributed by atoms with E-state index in [0.29, 0.717) is 13.2 Å². The molecule has 0 bridgehead atoms. The molecule has 3 heterocycles. The first-order chi connectivity index (χ1) is 16.2. The number of benzene rings is 1. The molecule has 0 radical (unpaired) electrons. The van der Waals surface area contributed by atoms with Crippen molar-refractivity contribution in [3.8, 4) is 11.5 Å². The zero-order valence-electron chi connectivity index (χ0n) is 19.6. The fraction of sp³-hybridized carbons (Fsp3) is 0.464. The number of hydrogen-bond donors (Lipinski definition) is 1. The molecule has 1 aliphatic carbocycles. The van der Waals surface area contributed by atoms with E-state index in [-0.39, 0.29) is 11.5 Å². The van der Waals surface area contributed by atoms with Crippen LogP contribution >= 0.6 is 0 Å². The Morgan fingerprint density at radius 1 is 1.03 bits per heavy atom. The van der Waals surface area contributed by atoms with Crippen LogP contribution in [-0.4, -0.2) is 42.7 Å². The van der Waals surface area contributed by atoms with Gasteiger partial charge in [0.05, 0.1) is 0 Å². The monoisotopic (exact) mass is 446 g/mol. The number of fused-ring (bicyclic) bond motifs is 2. The number of ether oxygens (including phenoxy) is 2. The number of nitrogens with one attached hydrogen (secondary N) is 1. The molecule has 2 aromatic rings. The molecule has 1 fully saturated rings. The lowest BCUT2D eigenvalue weighted by molar-refractivity contribution is 0.171. The minimum atomic E-state index is 0.0258. The van der Waals surface area contributed by atoms with E-state index in [1.165, 1.54) is 49.1 Å². The van der Waals surface area contributed by atoms with Gasteiger partial charge in [0, 0.05) is 17.2 Å². The summed E-state index contributed by atoms with van der Waals surface area (Å²) in [6, 6.07) is 8.49. The van der Waals surface area contributed by atoms with E-state index in [4.69, 9.17) is 9.47 Å². The summed E-state index contributed by atoms with van der Waals surface area (Å²) in [7, 11) is 0. The number of likely N-dealkylation sites (tertiary alicyclic amines) is 1. The van der Waals surface area contributed by atoms with Crippen molar-refractivity contribution >= 4 is 6.08 Å². The highest BCUT2D eigenvalue weighted by atomic mass is 16.6. The van der Waals surface area contributed by atoms with Crippen molar-refractivity contribution in [3.63, 3.8) is 0 Å². The summed E-state index contributed by atoms with van der Waals surface area (Å²) < 4.78 is 11.7. The zero-order chi connectivity index (χ0) is 22.6. The number of rotatable bonds is 6. The highest BCUT2D eigenvalue weighted by molar-refractivity contribution is 5.58. The molecule has 1 atom stereocenters. The second kappa shape index (κ2) is 10.0. The first-order valence-electron chi connectivity index (χ1n) is 12.5. The Morgan fingerprint density at radius 2 is 1.85 bits per heavy atom. The Bertz CT molecular complexity index is 1110. The van der Waals surface area contributed by atoms with Gasteiger partial charge in [-0.3, -0.25) is 4.79 Å². The molecule has 1 aromatic carbocycles. The number of aryl methyl sites for hydroxylation is 1. The molecule has 5 heteroatoms. The van der Waals surface area contributed by atoms with E-state index >= 15 is 0 Å². The van der Waals surface area contributed by atoms with Crippen LogP contribution < -0.4 is 15.0 Å². The normalized spacial score (nSPS) is 18.9. The number of hydrogen-bond acceptors (Lipinski definition) is 4. The largest absolute Gasteiger partial charge is 0.486 e. The third kappa shape index (κ3) is 4.93. The molecule has 1 saturated heterocycles. The van der Waals surface area contributed by atoms with Crippen molar-refractivity contribution in [1.29, 1.82) is 0 Å².